The summed E-state index contributed by atoms with van der Waals surface area (Å²) >= 11 is 3.23. The number of nitrogens with zero attached hydrogens (tertiary/aromatic N) is 2. The van der Waals surface area contributed by atoms with E-state index in [-0.39, 0.29) is 0 Å². The van der Waals surface area contributed by atoms with Crippen molar-refractivity contribution in [1.29, 1.82) is 0 Å². The molecule has 2 aromatic heterocycles. The van der Waals surface area contributed by atoms with Gasteiger partial charge in [-0.2, -0.15) is 4.98 Å². The number of hydrogen-bond acceptors (Lipinski definition) is 5. The molecule has 0 amide bonds. The van der Waals surface area contributed by atoms with E-state index in [0.29, 0.717) is 22.1 Å². The number of nitrogens with one attached hydrogen (secondary N) is 1. The largest absolute Gasteiger partial charge is 0.446 e. The minimum Gasteiger partial charge on any atom is -0.446 e. The van der Waals surface area contributed by atoms with Crippen LogP contribution in [0.25, 0.3) is 11.6 Å². The molecule has 0 fully saturated rings. The molecule has 1 N–H and O–H groups in total. The van der Waals surface area contributed by atoms with Crippen molar-refractivity contribution in [3.8, 4) is 11.6 Å². The minimum absolute atomic E-state index is 0.491. The van der Waals surface area contributed by atoms with Crippen LogP contribution >= 0.6 is 15.9 Å². The highest BCUT2D eigenvalue weighted by molar-refractivity contribution is 9.10. The van der Waals surface area contributed by atoms with Crippen LogP contribution in [0.15, 0.2) is 25.7 Å². The molecule has 0 radical (unpaired) electrons. The average Bonchev–Trinajstić information content (AvgIpc) is 2.87. The van der Waals surface area contributed by atoms with Gasteiger partial charge in [0, 0.05) is 6.42 Å². The van der Waals surface area contributed by atoms with Crippen LogP contribution in [0.5, 0.6) is 0 Å². The summed E-state index contributed by atoms with van der Waals surface area (Å²) < 4.78 is 11.1. The van der Waals surface area contributed by atoms with Crippen molar-refractivity contribution in [2.45, 2.75) is 12.8 Å². The van der Waals surface area contributed by atoms with Crippen molar-refractivity contribution in [2.24, 2.45) is 0 Å². The van der Waals surface area contributed by atoms with E-state index in [4.69, 9.17) is 8.94 Å². The van der Waals surface area contributed by atoms with Gasteiger partial charge in [-0.05, 0) is 48.1 Å². The highest BCUT2D eigenvalue weighted by Crippen LogP contribution is 2.22. The maximum Gasteiger partial charge on any atom is 0.238 e. The summed E-state index contributed by atoms with van der Waals surface area (Å²) in [7, 11) is 1.92. The first-order chi connectivity index (χ1) is 7.79. The number of aryl methyl sites for hydroxylation is 1. The number of furan rings is 1. The van der Waals surface area contributed by atoms with Crippen molar-refractivity contribution in [3.05, 3.63) is 22.7 Å². The Balaban J connectivity index is 2.02. The summed E-state index contributed by atoms with van der Waals surface area (Å²) in [5.41, 5.74) is 0. The van der Waals surface area contributed by atoms with Gasteiger partial charge in [-0.25, -0.2) is 0 Å². The number of rotatable bonds is 5. The monoisotopic (exact) mass is 285 g/mol. The van der Waals surface area contributed by atoms with Crippen molar-refractivity contribution in [3.63, 3.8) is 0 Å². The summed E-state index contributed by atoms with van der Waals surface area (Å²) in [6.45, 7) is 0.935. The molecule has 0 unspecified atom stereocenters. The Morgan fingerprint density at radius 2 is 2.31 bits per heavy atom. The second-order valence-corrected chi connectivity index (χ2v) is 4.10. The van der Waals surface area contributed by atoms with E-state index in [1.807, 2.05) is 7.05 Å². The lowest BCUT2D eigenvalue weighted by molar-refractivity contribution is 0.374. The molecule has 86 valence electrons. The third-order valence-electron chi connectivity index (χ3n) is 2.08. The average molecular weight is 286 g/mol. The molecule has 2 aromatic rings. The third-order valence-corrected chi connectivity index (χ3v) is 2.51. The van der Waals surface area contributed by atoms with E-state index in [0.717, 1.165) is 19.4 Å². The quantitative estimate of drug-likeness (QED) is 0.854. The molecular weight excluding hydrogens is 274 g/mol. The van der Waals surface area contributed by atoms with Crippen LogP contribution in [-0.4, -0.2) is 23.7 Å². The van der Waals surface area contributed by atoms with E-state index < -0.39 is 0 Å². The predicted octanol–water partition coefficient (Wildman–Crippen LogP) is 2.24. The van der Waals surface area contributed by atoms with Gasteiger partial charge < -0.3 is 14.3 Å². The van der Waals surface area contributed by atoms with Crippen molar-refractivity contribution < 1.29 is 8.94 Å². The van der Waals surface area contributed by atoms with Gasteiger partial charge in [0.05, 0.1) is 0 Å². The van der Waals surface area contributed by atoms with Crippen LogP contribution in [0.3, 0.4) is 0 Å². The summed E-state index contributed by atoms with van der Waals surface area (Å²) in [6.07, 6.45) is 1.75. The molecule has 6 heteroatoms. The van der Waals surface area contributed by atoms with Gasteiger partial charge >= 0.3 is 0 Å². The predicted molar refractivity (Wildman–Crippen MR) is 61.9 cm³/mol. The summed E-state index contributed by atoms with van der Waals surface area (Å²) in [6, 6.07) is 3.60. The Bertz CT molecular complexity index is 452. The molecule has 0 aliphatic carbocycles. The molecule has 5 nitrogen and oxygen atoms in total. The molecule has 2 heterocycles. The molecule has 0 atom stereocenters. The van der Waals surface area contributed by atoms with Gasteiger partial charge in [0.15, 0.2) is 10.4 Å². The SMILES string of the molecule is CNCCCc1nc(-c2ccc(Br)o2)no1. The standard InChI is InChI=1S/C10H12BrN3O2/c1-12-6-2-3-9-13-10(14-16-9)7-4-5-8(11)15-7/h4-5,12H,2-3,6H2,1H3. The molecule has 0 aliphatic heterocycles. The Morgan fingerprint density at radius 3 is 3.00 bits per heavy atom. The van der Waals surface area contributed by atoms with Gasteiger partial charge in [0.2, 0.25) is 11.7 Å². The van der Waals surface area contributed by atoms with Crippen LogP contribution in [0, 0.1) is 0 Å². The maximum absolute atomic E-state index is 5.33. The van der Waals surface area contributed by atoms with E-state index in [1.165, 1.54) is 0 Å². The zero-order chi connectivity index (χ0) is 11.4. The topological polar surface area (TPSA) is 64.1 Å². The maximum atomic E-state index is 5.33. The van der Waals surface area contributed by atoms with E-state index in [1.54, 1.807) is 12.1 Å². The molecule has 0 saturated heterocycles. The second kappa shape index (κ2) is 5.27. The highest BCUT2D eigenvalue weighted by atomic mass is 79.9. The molecule has 0 aromatic carbocycles. The molecule has 0 saturated carbocycles. The van der Waals surface area contributed by atoms with Gasteiger partial charge in [0.1, 0.15) is 0 Å². The lowest BCUT2D eigenvalue weighted by Gasteiger charge is -1.93. The molecule has 2 rings (SSSR count). The van der Waals surface area contributed by atoms with Crippen molar-refractivity contribution in [1.82, 2.24) is 15.5 Å². The first-order valence-corrected chi connectivity index (χ1v) is 5.82. The lowest BCUT2D eigenvalue weighted by Crippen LogP contribution is -2.08. The first-order valence-electron chi connectivity index (χ1n) is 5.02. The van der Waals surface area contributed by atoms with Crippen LogP contribution in [0.1, 0.15) is 12.3 Å². The van der Waals surface area contributed by atoms with Crippen molar-refractivity contribution >= 4 is 15.9 Å². The van der Waals surface area contributed by atoms with Gasteiger partial charge in [-0.3, -0.25) is 0 Å². The first kappa shape index (κ1) is 11.3. The summed E-state index contributed by atoms with van der Waals surface area (Å²) in [5.74, 6) is 1.73. The van der Waals surface area contributed by atoms with Crippen LogP contribution < -0.4 is 5.32 Å². The summed E-state index contributed by atoms with van der Waals surface area (Å²) in [5, 5.41) is 6.92. The molecule has 0 bridgehead atoms. The van der Waals surface area contributed by atoms with Gasteiger partial charge in [-0.15, -0.1) is 0 Å². The van der Waals surface area contributed by atoms with Gasteiger partial charge in [0.25, 0.3) is 0 Å². The van der Waals surface area contributed by atoms with Gasteiger partial charge in [-0.1, -0.05) is 5.16 Å². The summed E-state index contributed by atoms with van der Waals surface area (Å²) in [4.78, 5) is 4.25. The van der Waals surface area contributed by atoms with Crippen LogP contribution in [-0.2, 0) is 6.42 Å². The van der Waals surface area contributed by atoms with E-state index in [2.05, 4.69) is 31.4 Å². The lowest BCUT2D eigenvalue weighted by atomic mass is 10.3. The Hall–Kier alpha value is -1.14. The molecule has 16 heavy (non-hydrogen) atoms. The zero-order valence-electron chi connectivity index (χ0n) is 8.86. The third kappa shape index (κ3) is 2.70. The second-order valence-electron chi connectivity index (χ2n) is 3.32. The van der Waals surface area contributed by atoms with E-state index >= 15 is 0 Å². The normalized spacial score (nSPS) is 10.9. The van der Waals surface area contributed by atoms with Crippen molar-refractivity contribution in [2.75, 3.05) is 13.6 Å². The molecule has 0 aliphatic rings. The highest BCUT2D eigenvalue weighted by Gasteiger charge is 2.11. The molecule has 0 spiro atoms. The van der Waals surface area contributed by atoms with E-state index in [9.17, 15) is 0 Å². The molecular formula is C10H12BrN3O2. The number of halogens is 1. The zero-order valence-corrected chi connectivity index (χ0v) is 10.5. The van der Waals surface area contributed by atoms with Crippen LogP contribution in [0.4, 0.5) is 0 Å². The fourth-order valence-corrected chi connectivity index (χ4v) is 1.61. The minimum atomic E-state index is 0.491. The Morgan fingerprint density at radius 1 is 1.44 bits per heavy atom. The van der Waals surface area contributed by atoms with Crippen LogP contribution in [0.2, 0.25) is 0 Å². The number of aromatic nitrogens is 2. The fourth-order valence-electron chi connectivity index (χ4n) is 1.31. The fraction of sp³-hybridized carbons (Fsp3) is 0.400. The number of hydrogen-bond donors (Lipinski definition) is 1. The Kier molecular flexibility index (Phi) is 3.74. The Labute approximate surface area is 101 Å². The smallest absolute Gasteiger partial charge is 0.238 e.